The van der Waals surface area contributed by atoms with Gasteiger partial charge in [-0.15, -0.1) is 0 Å². The van der Waals surface area contributed by atoms with E-state index < -0.39 is 5.41 Å². The summed E-state index contributed by atoms with van der Waals surface area (Å²) < 4.78 is 6.21. The van der Waals surface area contributed by atoms with Gasteiger partial charge in [0.15, 0.2) is 0 Å². The zero-order chi connectivity index (χ0) is 12.3. The smallest absolute Gasteiger partial charge is 0.313 e. The van der Waals surface area contributed by atoms with E-state index in [0.29, 0.717) is 6.54 Å². The first-order chi connectivity index (χ1) is 7.36. The number of aromatic nitrogens is 1. The molecule has 16 heavy (non-hydrogen) atoms. The molecule has 0 saturated carbocycles. The second kappa shape index (κ2) is 4.51. The van der Waals surface area contributed by atoms with Crippen LogP contribution in [0, 0.1) is 12.3 Å². The summed E-state index contributed by atoms with van der Waals surface area (Å²) >= 11 is 0. The van der Waals surface area contributed by atoms with Crippen molar-refractivity contribution in [3.05, 3.63) is 34.2 Å². The zero-order valence-corrected chi connectivity index (χ0v) is 10.1. The maximum atomic E-state index is 11.6. The Morgan fingerprint density at radius 2 is 2.12 bits per heavy atom. The monoisotopic (exact) mass is 223 g/mol. The Hall–Kier alpha value is -1.58. The van der Waals surface area contributed by atoms with Crippen molar-refractivity contribution in [2.75, 3.05) is 7.11 Å². The Morgan fingerprint density at radius 3 is 2.62 bits per heavy atom. The van der Waals surface area contributed by atoms with E-state index in [1.807, 2.05) is 13.0 Å². The number of esters is 1. The summed E-state index contributed by atoms with van der Waals surface area (Å²) in [6.07, 6.45) is 1.70. The third-order valence-corrected chi connectivity index (χ3v) is 2.46. The van der Waals surface area contributed by atoms with Gasteiger partial charge in [0.05, 0.1) is 12.5 Å². The van der Waals surface area contributed by atoms with Gasteiger partial charge in [-0.2, -0.15) is 0 Å². The van der Waals surface area contributed by atoms with Crippen LogP contribution in [0.15, 0.2) is 23.1 Å². The Kier molecular flexibility index (Phi) is 3.52. The van der Waals surface area contributed by atoms with Crippen molar-refractivity contribution in [3.8, 4) is 0 Å². The number of hydrogen-bond donors (Lipinski definition) is 0. The standard InChI is InChI=1S/C12H17NO3/c1-9-5-6-13(10(14)7-9)8-12(2,3)11(15)16-4/h5-7H,8H2,1-4H3. The molecule has 88 valence electrons. The van der Waals surface area contributed by atoms with Crippen LogP contribution < -0.4 is 5.56 Å². The van der Waals surface area contributed by atoms with Crippen molar-refractivity contribution in [1.82, 2.24) is 4.57 Å². The van der Waals surface area contributed by atoms with Gasteiger partial charge in [0, 0.05) is 18.8 Å². The van der Waals surface area contributed by atoms with E-state index in [4.69, 9.17) is 4.74 Å². The molecule has 0 unspecified atom stereocenters. The lowest BCUT2D eigenvalue weighted by Crippen LogP contribution is -2.34. The number of methoxy groups -OCH3 is 1. The molecule has 0 aliphatic carbocycles. The third-order valence-electron chi connectivity index (χ3n) is 2.46. The number of carbonyl (C=O) groups excluding carboxylic acids is 1. The molecule has 0 aromatic carbocycles. The Morgan fingerprint density at radius 1 is 1.50 bits per heavy atom. The summed E-state index contributed by atoms with van der Waals surface area (Å²) in [6.45, 7) is 5.69. The minimum Gasteiger partial charge on any atom is -0.469 e. The van der Waals surface area contributed by atoms with Gasteiger partial charge in [0.1, 0.15) is 0 Å². The molecule has 0 N–H and O–H groups in total. The summed E-state index contributed by atoms with van der Waals surface area (Å²) in [5, 5.41) is 0. The molecule has 1 rings (SSSR count). The molecule has 0 fully saturated rings. The number of aryl methyl sites for hydroxylation is 1. The molecule has 1 heterocycles. The van der Waals surface area contributed by atoms with Crippen molar-refractivity contribution in [3.63, 3.8) is 0 Å². The van der Waals surface area contributed by atoms with Crippen LogP contribution in [0.2, 0.25) is 0 Å². The molecule has 0 radical (unpaired) electrons. The Bertz CT molecular complexity index is 446. The van der Waals surface area contributed by atoms with Gasteiger partial charge < -0.3 is 9.30 Å². The first-order valence-corrected chi connectivity index (χ1v) is 5.12. The lowest BCUT2D eigenvalue weighted by Gasteiger charge is -2.22. The van der Waals surface area contributed by atoms with Gasteiger partial charge >= 0.3 is 5.97 Å². The molecule has 0 aliphatic heterocycles. The SMILES string of the molecule is COC(=O)C(C)(C)Cn1ccc(C)cc1=O. The van der Waals surface area contributed by atoms with Crippen LogP contribution in [-0.2, 0) is 16.1 Å². The lowest BCUT2D eigenvalue weighted by molar-refractivity contribution is -0.151. The fourth-order valence-electron chi connectivity index (χ4n) is 1.50. The maximum absolute atomic E-state index is 11.6. The number of carbonyl (C=O) groups is 1. The number of nitrogens with zero attached hydrogens (tertiary/aromatic N) is 1. The quantitative estimate of drug-likeness (QED) is 0.727. The average molecular weight is 223 g/mol. The van der Waals surface area contributed by atoms with Crippen LogP contribution >= 0.6 is 0 Å². The highest BCUT2D eigenvalue weighted by atomic mass is 16.5. The molecular formula is C12H17NO3. The molecule has 0 bridgehead atoms. The predicted molar refractivity (Wildman–Crippen MR) is 61.2 cm³/mol. The molecular weight excluding hydrogens is 206 g/mol. The van der Waals surface area contributed by atoms with Crippen LogP contribution in [-0.4, -0.2) is 17.6 Å². The van der Waals surface area contributed by atoms with E-state index in [9.17, 15) is 9.59 Å². The van der Waals surface area contributed by atoms with E-state index in [2.05, 4.69) is 0 Å². The fraction of sp³-hybridized carbons (Fsp3) is 0.500. The highest BCUT2D eigenvalue weighted by Gasteiger charge is 2.29. The maximum Gasteiger partial charge on any atom is 0.313 e. The van der Waals surface area contributed by atoms with Gasteiger partial charge in [0.2, 0.25) is 0 Å². The lowest BCUT2D eigenvalue weighted by atomic mass is 9.93. The van der Waals surface area contributed by atoms with E-state index >= 15 is 0 Å². The van der Waals surface area contributed by atoms with Gasteiger partial charge in [-0.25, -0.2) is 0 Å². The molecule has 0 atom stereocenters. The molecule has 4 nitrogen and oxygen atoms in total. The first kappa shape index (κ1) is 12.5. The summed E-state index contributed by atoms with van der Waals surface area (Å²) in [4.78, 5) is 23.1. The highest BCUT2D eigenvalue weighted by molar-refractivity contribution is 5.75. The minimum absolute atomic E-state index is 0.100. The highest BCUT2D eigenvalue weighted by Crippen LogP contribution is 2.18. The number of rotatable bonds is 3. The van der Waals surface area contributed by atoms with Crippen LogP contribution in [0.4, 0.5) is 0 Å². The van der Waals surface area contributed by atoms with Crippen LogP contribution in [0.3, 0.4) is 0 Å². The van der Waals surface area contributed by atoms with Gasteiger partial charge in [0.25, 0.3) is 5.56 Å². The van der Waals surface area contributed by atoms with Gasteiger partial charge in [-0.3, -0.25) is 9.59 Å². The van der Waals surface area contributed by atoms with Crippen molar-refractivity contribution in [1.29, 1.82) is 0 Å². The van der Waals surface area contributed by atoms with Crippen molar-refractivity contribution in [2.24, 2.45) is 5.41 Å². The summed E-state index contributed by atoms with van der Waals surface area (Å²) in [5.41, 5.74) is 0.113. The second-order valence-corrected chi connectivity index (χ2v) is 4.55. The average Bonchev–Trinajstić information content (AvgIpc) is 2.21. The van der Waals surface area contributed by atoms with Crippen molar-refractivity contribution < 1.29 is 9.53 Å². The molecule has 1 aromatic heterocycles. The van der Waals surface area contributed by atoms with Crippen LogP contribution in [0.25, 0.3) is 0 Å². The summed E-state index contributed by atoms with van der Waals surface area (Å²) in [5.74, 6) is -0.319. The minimum atomic E-state index is -0.701. The third kappa shape index (κ3) is 2.72. The number of pyridine rings is 1. The van der Waals surface area contributed by atoms with Gasteiger partial charge in [-0.1, -0.05) is 0 Å². The zero-order valence-electron chi connectivity index (χ0n) is 10.1. The van der Waals surface area contributed by atoms with E-state index in [1.165, 1.54) is 11.7 Å². The molecule has 4 heteroatoms. The van der Waals surface area contributed by atoms with E-state index in [1.54, 1.807) is 26.1 Å². The van der Waals surface area contributed by atoms with Gasteiger partial charge in [-0.05, 0) is 32.4 Å². The summed E-state index contributed by atoms with van der Waals surface area (Å²) in [6, 6.07) is 3.39. The molecule has 1 aromatic rings. The summed E-state index contributed by atoms with van der Waals surface area (Å²) in [7, 11) is 1.35. The molecule has 0 spiro atoms. The first-order valence-electron chi connectivity index (χ1n) is 5.12. The van der Waals surface area contributed by atoms with Crippen LogP contribution in [0.5, 0.6) is 0 Å². The van der Waals surface area contributed by atoms with E-state index in [-0.39, 0.29) is 11.5 Å². The number of ether oxygens (including phenoxy) is 1. The number of hydrogen-bond acceptors (Lipinski definition) is 3. The second-order valence-electron chi connectivity index (χ2n) is 4.55. The largest absolute Gasteiger partial charge is 0.469 e. The normalized spacial score (nSPS) is 11.2. The predicted octanol–water partition coefficient (Wildman–Crippen LogP) is 1.36. The Balaban J connectivity index is 2.97. The molecule has 0 amide bonds. The van der Waals surface area contributed by atoms with E-state index in [0.717, 1.165) is 5.56 Å². The molecule has 0 saturated heterocycles. The van der Waals surface area contributed by atoms with Crippen LogP contribution in [0.1, 0.15) is 19.4 Å². The van der Waals surface area contributed by atoms with Crippen molar-refractivity contribution in [2.45, 2.75) is 27.3 Å². The molecule has 0 aliphatic rings. The Labute approximate surface area is 94.9 Å². The fourth-order valence-corrected chi connectivity index (χ4v) is 1.50. The topological polar surface area (TPSA) is 48.3 Å². The van der Waals surface area contributed by atoms with Crippen molar-refractivity contribution >= 4 is 5.97 Å².